The Morgan fingerprint density at radius 2 is 1.66 bits per heavy atom. The predicted octanol–water partition coefficient (Wildman–Crippen LogP) is 4.81. The average Bonchev–Trinajstić information content (AvgIpc) is 3.24. The Morgan fingerprint density at radius 1 is 1.03 bits per heavy atom. The lowest BCUT2D eigenvalue weighted by Gasteiger charge is -2.38. The van der Waals surface area contributed by atoms with E-state index < -0.39 is 35.5 Å². The zero-order valence-electron chi connectivity index (χ0n) is 19.5. The maximum atomic E-state index is 13.3. The van der Waals surface area contributed by atoms with Crippen LogP contribution in [0.3, 0.4) is 0 Å². The maximum absolute atomic E-state index is 13.3. The molecule has 0 radical (unpaired) electrons. The van der Waals surface area contributed by atoms with Gasteiger partial charge in [0, 0.05) is 31.7 Å². The standard InChI is InChI=1S/C23H29F6N3O3/c1-3-18-11-17(13-32(18)21(34)31-7-5-4-6-19(31)20(33)35-2)30-12-14-8-15(22(24,25)26)10-16(9-14)23(27,28)29/h8-10,17-19,30H,3-7,11-13H2,1-2H3/t17-,18+,19+/m0/s1. The van der Waals surface area contributed by atoms with Crippen molar-refractivity contribution < 1.29 is 40.7 Å². The number of hydrogen-bond acceptors (Lipinski definition) is 4. The molecule has 2 aliphatic heterocycles. The van der Waals surface area contributed by atoms with E-state index in [2.05, 4.69) is 5.32 Å². The van der Waals surface area contributed by atoms with E-state index in [0.29, 0.717) is 37.9 Å². The van der Waals surface area contributed by atoms with Gasteiger partial charge in [0.15, 0.2) is 0 Å². The van der Waals surface area contributed by atoms with E-state index in [1.807, 2.05) is 6.92 Å². The summed E-state index contributed by atoms with van der Waals surface area (Å²) >= 11 is 0. The lowest BCUT2D eigenvalue weighted by molar-refractivity contribution is -0.147. The molecule has 0 bridgehead atoms. The second-order valence-electron chi connectivity index (χ2n) is 8.95. The fraction of sp³-hybridized carbons (Fsp3) is 0.652. The number of methoxy groups -OCH3 is 1. The molecule has 2 amide bonds. The van der Waals surface area contributed by atoms with Crippen molar-refractivity contribution in [2.75, 3.05) is 20.2 Å². The van der Waals surface area contributed by atoms with Crippen LogP contribution in [-0.4, -0.2) is 60.1 Å². The first kappa shape index (κ1) is 27.1. The number of nitrogens with zero attached hydrogens (tertiary/aromatic N) is 2. The van der Waals surface area contributed by atoms with Crippen LogP contribution in [0.4, 0.5) is 31.1 Å². The van der Waals surface area contributed by atoms with Crippen LogP contribution in [0, 0.1) is 0 Å². The maximum Gasteiger partial charge on any atom is 0.416 e. The third-order valence-electron chi connectivity index (χ3n) is 6.60. The van der Waals surface area contributed by atoms with Gasteiger partial charge in [0.25, 0.3) is 0 Å². The molecule has 0 aliphatic carbocycles. The van der Waals surface area contributed by atoms with Gasteiger partial charge in [0.2, 0.25) is 0 Å². The van der Waals surface area contributed by atoms with Crippen LogP contribution in [0.2, 0.25) is 0 Å². The van der Waals surface area contributed by atoms with Crippen molar-refractivity contribution in [3.8, 4) is 0 Å². The summed E-state index contributed by atoms with van der Waals surface area (Å²) in [7, 11) is 1.27. The molecule has 0 unspecified atom stereocenters. The monoisotopic (exact) mass is 509 g/mol. The summed E-state index contributed by atoms with van der Waals surface area (Å²) in [6.07, 6.45) is -6.67. The zero-order valence-corrected chi connectivity index (χ0v) is 19.5. The highest BCUT2D eigenvalue weighted by molar-refractivity contribution is 5.84. The minimum Gasteiger partial charge on any atom is -0.467 e. The zero-order chi connectivity index (χ0) is 26.0. The number of ether oxygens (including phenoxy) is 1. The number of amides is 2. The van der Waals surface area contributed by atoms with Gasteiger partial charge in [-0.3, -0.25) is 0 Å². The van der Waals surface area contributed by atoms with Gasteiger partial charge in [-0.1, -0.05) is 6.92 Å². The Balaban J connectivity index is 1.72. The summed E-state index contributed by atoms with van der Waals surface area (Å²) in [5.41, 5.74) is -2.87. The summed E-state index contributed by atoms with van der Waals surface area (Å²) in [5, 5.41) is 3.01. The summed E-state index contributed by atoms with van der Waals surface area (Å²) in [6, 6.07) is 0.0224. The number of carbonyl (C=O) groups excluding carboxylic acids is 2. The van der Waals surface area contributed by atoms with E-state index in [4.69, 9.17) is 4.74 Å². The van der Waals surface area contributed by atoms with Crippen molar-refractivity contribution in [2.45, 2.75) is 76.1 Å². The van der Waals surface area contributed by atoms with Crippen molar-refractivity contribution in [1.82, 2.24) is 15.1 Å². The van der Waals surface area contributed by atoms with E-state index in [-0.39, 0.29) is 42.8 Å². The number of alkyl halides is 6. The molecule has 1 N–H and O–H groups in total. The van der Waals surface area contributed by atoms with Gasteiger partial charge in [0.05, 0.1) is 18.2 Å². The normalized spacial score (nSPS) is 23.5. The molecule has 12 heteroatoms. The van der Waals surface area contributed by atoms with Crippen LogP contribution in [0.25, 0.3) is 0 Å². The number of urea groups is 1. The Hall–Kier alpha value is -2.50. The summed E-state index contributed by atoms with van der Waals surface area (Å²) in [5.74, 6) is -0.481. The fourth-order valence-corrected chi connectivity index (χ4v) is 4.78. The van der Waals surface area contributed by atoms with Crippen LogP contribution in [-0.2, 0) is 28.4 Å². The van der Waals surface area contributed by atoms with Crippen LogP contribution < -0.4 is 5.32 Å². The van der Waals surface area contributed by atoms with Crippen molar-refractivity contribution in [1.29, 1.82) is 0 Å². The summed E-state index contributed by atoms with van der Waals surface area (Å²) < 4.78 is 83.7. The highest BCUT2D eigenvalue weighted by Crippen LogP contribution is 2.36. The molecular weight excluding hydrogens is 480 g/mol. The van der Waals surface area contributed by atoms with Crippen LogP contribution in [0.15, 0.2) is 18.2 Å². The molecule has 2 heterocycles. The minimum absolute atomic E-state index is 0.100. The van der Waals surface area contributed by atoms with Crippen LogP contribution >= 0.6 is 0 Å². The number of esters is 1. The first-order valence-corrected chi connectivity index (χ1v) is 11.5. The smallest absolute Gasteiger partial charge is 0.416 e. The number of carbonyl (C=O) groups is 2. The van der Waals surface area contributed by atoms with E-state index in [1.165, 1.54) is 12.0 Å². The largest absolute Gasteiger partial charge is 0.467 e. The Bertz CT molecular complexity index is 888. The molecule has 1 aromatic carbocycles. The molecule has 3 atom stereocenters. The highest BCUT2D eigenvalue weighted by atomic mass is 19.4. The number of benzene rings is 1. The third-order valence-corrected chi connectivity index (χ3v) is 6.60. The molecule has 0 spiro atoms. The van der Waals surface area contributed by atoms with Gasteiger partial charge < -0.3 is 19.9 Å². The summed E-state index contributed by atoms with van der Waals surface area (Å²) in [4.78, 5) is 28.6. The molecule has 6 nitrogen and oxygen atoms in total. The van der Waals surface area contributed by atoms with E-state index in [1.54, 1.807) is 4.90 Å². The Kier molecular flexibility index (Phi) is 8.23. The van der Waals surface area contributed by atoms with E-state index in [9.17, 15) is 35.9 Å². The van der Waals surface area contributed by atoms with Crippen molar-refractivity contribution >= 4 is 12.0 Å². The SMILES string of the molecule is CC[C@@H]1C[C@H](NCc2cc(C(F)(F)F)cc(C(F)(F)F)c2)CN1C(=O)N1CCCC[C@@H]1C(=O)OC. The van der Waals surface area contributed by atoms with Gasteiger partial charge in [-0.15, -0.1) is 0 Å². The highest BCUT2D eigenvalue weighted by Gasteiger charge is 2.41. The molecule has 3 rings (SSSR count). The summed E-state index contributed by atoms with van der Waals surface area (Å²) in [6.45, 7) is 2.31. The molecule has 1 aromatic rings. The van der Waals surface area contributed by atoms with E-state index in [0.717, 1.165) is 12.8 Å². The lowest BCUT2D eigenvalue weighted by atomic mass is 10.0. The number of piperidine rings is 1. The number of hydrogen-bond donors (Lipinski definition) is 1. The minimum atomic E-state index is -4.91. The van der Waals surface area contributed by atoms with Crippen molar-refractivity contribution in [2.24, 2.45) is 0 Å². The number of halogens is 6. The molecule has 2 fully saturated rings. The van der Waals surface area contributed by atoms with Crippen LogP contribution in [0.5, 0.6) is 0 Å². The number of likely N-dealkylation sites (tertiary alicyclic amines) is 2. The van der Waals surface area contributed by atoms with Gasteiger partial charge in [-0.2, -0.15) is 26.3 Å². The van der Waals surface area contributed by atoms with E-state index >= 15 is 0 Å². The second-order valence-corrected chi connectivity index (χ2v) is 8.95. The molecule has 2 saturated heterocycles. The molecular formula is C23H29F6N3O3. The topological polar surface area (TPSA) is 61.9 Å². The molecule has 35 heavy (non-hydrogen) atoms. The van der Waals surface area contributed by atoms with Gasteiger partial charge in [-0.25, -0.2) is 9.59 Å². The molecule has 0 saturated carbocycles. The Morgan fingerprint density at radius 3 is 2.20 bits per heavy atom. The predicted molar refractivity (Wildman–Crippen MR) is 114 cm³/mol. The lowest BCUT2D eigenvalue weighted by Crippen LogP contribution is -2.54. The average molecular weight is 509 g/mol. The van der Waals surface area contributed by atoms with Crippen LogP contribution in [0.1, 0.15) is 55.7 Å². The fourth-order valence-electron chi connectivity index (χ4n) is 4.78. The third kappa shape index (κ3) is 6.39. The van der Waals surface area contributed by atoms with Gasteiger partial charge in [-0.05, 0) is 55.9 Å². The molecule has 196 valence electrons. The first-order valence-electron chi connectivity index (χ1n) is 11.5. The number of nitrogens with one attached hydrogen (secondary N) is 1. The number of rotatable bonds is 5. The first-order chi connectivity index (χ1) is 16.3. The van der Waals surface area contributed by atoms with Gasteiger partial charge in [0.1, 0.15) is 6.04 Å². The van der Waals surface area contributed by atoms with Crippen molar-refractivity contribution in [3.63, 3.8) is 0 Å². The quantitative estimate of drug-likeness (QED) is 0.457. The molecule has 0 aromatic heterocycles. The molecule has 2 aliphatic rings. The Labute approximate surface area is 199 Å². The van der Waals surface area contributed by atoms with Gasteiger partial charge >= 0.3 is 24.4 Å². The second kappa shape index (κ2) is 10.6. The van der Waals surface area contributed by atoms with Crippen molar-refractivity contribution in [3.05, 3.63) is 34.9 Å².